The number of pyridine rings is 1. The van der Waals surface area contributed by atoms with E-state index in [4.69, 9.17) is 11.5 Å². The number of hydrogen-bond acceptors (Lipinski definition) is 7. The molecule has 7 nitrogen and oxygen atoms in total. The number of amides is 1. The van der Waals surface area contributed by atoms with Crippen LogP contribution in [0.5, 0.6) is 5.06 Å². The predicted molar refractivity (Wildman–Crippen MR) is 93.5 cm³/mol. The van der Waals surface area contributed by atoms with Crippen LogP contribution in [0.25, 0.3) is 21.5 Å². The lowest BCUT2D eigenvalue weighted by Crippen LogP contribution is -2.26. The molecule has 0 aliphatic heterocycles. The third-order valence-corrected chi connectivity index (χ3v) is 4.68. The third kappa shape index (κ3) is 3.33. The Bertz CT molecular complexity index is 1290. The third-order valence-electron chi connectivity index (χ3n) is 3.70. The number of carbonyl (C=O) groups is 1. The van der Waals surface area contributed by atoms with Crippen LogP contribution in [-0.2, 0) is 15.8 Å². The SMILES string of the molecule is NC(=O)Oc1sc2nc(-c3ccc(=C=O)c(=C=O)c3)cc(C(F)(F)F)c2c1N. The van der Waals surface area contributed by atoms with E-state index in [0.29, 0.717) is 11.3 Å². The van der Waals surface area contributed by atoms with Crippen molar-refractivity contribution in [3.63, 3.8) is 0 Å². The van der Waals surface area contributed by atoms with E-state index in [1.807, 2.05) is 0 Å². The lowest BCUT2D eigenvalue weighted by molar-refractivity contribution is -0.136. The normalized spacial score (nSPS) is 11.1. The molecule has 3 rings (SSSR count). The van der Waals surface area contributed by atoms with Crippen molar-refractivity contribution in [1.82, 2.24) is 4.98 Å². The van der Waals surface area contributed by atoms with Crippen molar-refractivity contribution >= 4 is 45.2 Å². The minimum absolute atomic E-state index is 0.0895. The van der Waals surface area contributed by atoms with Gasteiger partial charge in [0.2, 0.25) is 5.06 Å². The topological polar surface area (TPSA) is 125 Å². The maximum absolute atomic E-state index is 13.6. The van der Waals surface area contributed by atoms with Crippen molar-refractivity contribution in [3.8, 4) is 16.3 Å². The Morgan fingerprint density at radius 3 is 2.39 bits per heavy atom. The number of anilines is 1. The molecule has 4 N–H and O–H groups in total. The predicted octanol–water partition coefficient (Wildman–Crippen LogP) is 1.03. The molecule has 0 saturated carbocycles. The molecule has 0 radical (unpaired) electrons. The number of nitrogens with zero attached hydrogens (tertiary/aromatic N) is 1. The van der Waals surface area contributed by atoms with Gasteiger partial charge < -0.3 is 16.2 Å². The summed E-state index contributed by atoms with van der Waals surface area (Å²) in [5, 5.41) is -1.01. The van der Waals surface area contributed by atoms with Gasteiger partial charge in [-0.25, -0.2) is 19.4 Å². The zero-order valence-corrected chi connectivity index (χ0v) is 14.4. The van der Waals surface area contributed by atoms with E-state index in [-0.39, 0.29) is 31.6 Å². The molecule has 3 aromatic rings. The summed E-state index contributed by atoms with van der Waals surface area (Å²) in [4.78, 5) is 36.7. The number of carbonyl (C=O) groups excluding carboxylic acids is 3. The summed E-state index contributed by atoms with van der Waals surface area (Å²) >= 11 is 0.610. The van der Waals surface area contributed by atoms with E-state index in [0.717, 1.165) is 6.07 Å². The number of hydrogen-bond donors (Lipinski definition) is 2. The Labute approximate surface area is 157 Å². The van der Waals surface area contributed by atoms with Crippen LogP contribution in [0.2, 0.25) is 0 Å². The number of fused-ring (bicyclic) bond motifs is 1. The van der Waals surface area contributed by atoms with E-state index >= 15 is 0 Å². The molecule has 2 heterocycles. The molecule has 0 spiro atoms. The van der Waals surface area contributed by atoms with Crippen molar-refractivity contribution < 1.29 is 32.3 Å². The van der Waals surface area contributed by atoms with Crippen LogP contribution in [0, 0.1) is 0 Å². The number of alkyl halides is 3. The summed E-state index contributed by atoms with van der Waals surface area (Å²) in [7, 11) is 0. The number of primary amides is 1. The standard InChI is InChI=1S/C17H8F3N3O4S/c18-17(19,20)10-4-11(7-1-2-8(5-24)9(3-7)6-25)23-14-12(10)13(21)15(28-14)27-16(22)26/h1-4H,21H2,(H2,22,26). The number of nitrogens with two attached hydrogens (primary N) is 2. The Morgan fingerprint density at radius 2 is 1.82 bits per heavy atom. The van der Waals surface area contributed by atoms with Gasteiger partial charge in [-0.1, -0.05) is 17.4 Å². The minimum atomic E-state index is -4.80. The molecule has 11 heteroatoms. The van der Waals surface area contributed by atoms with Crippen LogP contribution in [0.15, 0.2) is 24.3 Å². The second-order valence-electron chi connectivity index (χ2n) is 5.42. The van der Waals surface area contributed by atoms with Crippen molar-refractivity contribution in [2.24, 2.45) is 5.73 Å². The fourth-order valence-electron chi connectivity index (χ4n) is 2.52. The number of benzene rings is 1. The molecule has 2 aromatic heterocycles. The van der Waals surface area contributed by atoms with Crippen LogP contribution >= 0.6 is 11.3 Å². The Morgan fingerprint density at radius 1 is 1.14 bits per heavy atom. The molecule has 0 fully saturated rings. The average Bonchev–Trinajstić information content (AvgIpc) is 2.94. The van der Waals surface area contributed by atoms with E-state index in [2.05, 4.69) is 9.72 Å². The second kappa shape index (κ2) is 6.82. The molecule has 0 unspecified atom stereocenters. The van der Waals surface area contributed by atoms with E-state index in [9.17, 15) is 27.6 Å². The first kappa shape index (κ1) is 19.1. The molecule has 0 aliphatic carbocycles. The monoisotopic (exact) mass is 407 g/mol. The molecule has 0 aliphatic rings. The van der Waals surface area contributed by atoms with Gasteiger partial charge >= 0.3 is 12.3 Å². The summed E-state index contributed by atoms with van der Waals surface area (Å²) < 4.78 is 45.5. The summed E-state index contributed by atoms with van der Waals surface area (Å²) in [6.07, 6.45) is -6.04. The van der Waals surface area contributed by atoms with Crippen LogP contribution < -0.4 is 26.6 Å². The number of aromatic nitrogens is 1. The number of thiophene rings is 1. The van der Waals surface area contributed by atoms with Gasteiger partial charge in [-0.05, 0) is 18.2 Å². The zero-order valence-electron chi connectivity index (χ0n) is 13.6. The van der Waals surface area contributed by atoms with Gasteiger partial charge in [-0.15, -0.1) is 0 Å². The Balaban J connectivity index is 2.36. The lowest BCUT2D eigenvalue weighted by atomic mass is 10.0. The highest BCUT2D eigenvalue weighted by Gasteiger charge is 2.36. The summed E-state index contributed by atoms with van der Waals surface area (Å²) in [5.41, 5.74) is 9.07. The van der Waals surface area contributed by atoms with Gasteiger partial charge in [-0.2, -0.15) is 13.2 Å². The van der Waals surface area contributed by atoms with Gasteiger partial charge in [0.05, 0.1) is 32.8 Å². The van der Waals surface area contributed by atoms with E-state index < -0.39 is 28.9 Å². The largest absolute Gasteiger partial charge is 0.417 e. The van der Waals surface area contributed by atoms with Gasteiger partial charge in [-0.3, -0.25) is 0 Å². The fraction of sp³-hybridized carbons (Fsp3) is 0.0588. The van der Waals surface area contributed by atoms with Gasteiger partial charge in [0.1, 0.15) is 16.7 Å². The quantitative estimate of drug-likeness (QED) is 0.654. The highest BCUT2D eigenvalue weighted by atomic mass is 32.1. The van der Waals surface area contributed by atoms with E-state index in [1.165, 1.54) is 30.1 Å². The first-order chi connectivity index (χ1) is 13.2. The summed E-state index contributed by atoms with van der Waals surface area (Å²) in [6.45, 7) is 0. The summed E-state index contributed by atoms with van der Waals surface area (Å²) in [6, 6.07) is 4.44. The maximum Gasteiger partial charge on any atom is 0.417 e. The first-order valence-corrected chi connectivity index (χ1v) is 8.15. The van der Waals surface area contributed by atoms with Crippen LogP contribution in [0.1, 0.15) is 5.56 Å². The zero-order chi connectivity index (χ0) is 20.6. The van der Waals surface area contributed by atoms with Crippen LogP contribution in [0.4, 0.5) is 23.7 Å². The molecular formula is C17H8F3N3O4S. The molecular weight excluding hydrogens is 399 g/mol. The smallest absolute Gasteiger partial charge is 0.397 e. The molecule has 142 valence electrons. The number of nitrogen functional groups attached to an aromatic ring is 1. The van der Waals surface area contributed by atoms with Gasteiger partial charge in [0.25, 0.3) is 0 Å². The van der Waals surface area contributed by atoms with Gasteiger partial charge in [0, 0.05) is 5.56 Å². The van der Waals surface area contributed by atoms with Crippen LogP contribution in [0.3, 0.4) is 0 Å². The lowest BCUT2D eigenvalue weighted by Gasteiger charge is -2.11. The van der Waals surface area contributed by atoms with Crippen molar-refractivity contribution in [2.75, 3.05) is 5.73 Å². The number of rotatable bonds is 2. The average molecular weight is 407 g/mol. The molecule has 0 atom stereocenters. The Kier molecular flexibility index (Phi) is 4.66. The number of ether oxygens (including phenoxy) is 1. The molecule has 0 bridgehead atoms. The van der Waals surface area contributed by atoms with Crippen LogP contribution in [-0.4, -0.2) is 23.0 Å². The molecule has 28 heavy (non-hydrogen) atoms. The second-order valence-corrected chi connectivity index (χ2v) is 6.38. The van der Waals surface area contributed by atoms with Crippen molar-refractivity contribution in [1.29, 1.82) is 0 Å². The highest BCUT2D eigenvalue weighted by molar-refractivity contribution is 7.21. The van der Waals surface area contributed by atoms with E-state index in [1.54, 1.807) is 0 Å². The molecule has 0 saturated heterocycles. The van der Waals surface area contributed by atoms with Crippen molar-refractivity contribution in [3.05, 3.63) is 40.3 Å². The first-order valence-electron chi connectivity index (χ1n) is 7.34. The maximum atomic E-state index is 13.6. The Hall–Kier alpha value is -3.65. The highest BCUT2D eigenvalue weighted by Crippen LogP contribution is 2.46. The molecule has 1 aromatic carbocycles. The number of halogens is 3. The van der Waals surface area contributed by atoms with Gasteiger partial charge in [0.15, 0.2) is 0 Å². The summed E-state index contributed by atoms with van der Waals surface area (Å²) in [5.74, 6) is 3.05. The van der Waals surface area contributed by atoms with Crippen molar-refractivity contribution in [2.45, 2.75) is 6.18 Å². The minimum Gasteiger partial charge on any atom is -0.397 e. The fourth-order valence-corrected chi connectivity index (χ4v) is 3.49. The molecule has 1 amide bonds.